The van der Waals surface area contributed by atoms with Crippen LogP contribution in [0, 0.1) is 0 Å². The normalized spacial score (nSPS) is 13.4. The van der Waals surface area contributed by atoms with Crippen molar-refractivity contribution < 1.29 is 22.0 Å². The van der Waals surface area contributed by atoms with Crippen LogP contribution in [0.5, 0.6) is 0 Å². The van der Waals surface area contributed by atoms with Crippen molar-refractivity contribution in [3.63, 3.8) is 0 Å². The quantitative estimate of drug-likeness (QED) is 0.774. The molecule has 7 nitrogen and oxygen atoms in total. The van der Waals surface area contributed by atoms with Gasteiger partial charge in [0.15, 0.2) is 0 Å². The molecule has 0 radical (unpaired) electrons. The van der Waals surface area contributed by atoms with Crippen LogP contribution < -0.4 is 0 Å². The van der Waals surface area contributed by atoms with Crippen LogP contribution in [0.3, 0.4) is 0 Å². The molecule has 2 aromatic heterocycles. The minimum Gasteiger partial charge on any atom is -0.760 e. The maximum atomic E-state index is 12.3. The molecule has 0 bridgehead atoms. The summed E-state index contributed by atoms with van der Waals surface area (Å²) in [6, 6.07) is 0. The van der Waals surface area contributed by atoms with Gasteiger partial charge in [0.2, 0.25) is 0 Å². The minimum absolute atomic E-state index is 0.0649. The monoisotopic (exact) mass is 309 g/mol. The highest BCUT2D eigenvalue weighted by Gasteiger charge is 2.18. The molecule has 0 aromatic carbocycles. The summed E-state index contributed by atoms with van der Waals surface area (Å²) in [5.41, 5.74) is 0. The Labute approximate surface area is 112 Å². The Morgan fingerprint density at radius 2 is 2.32 bits per heavy atom. The zero-order valence-electron chi connectivity index (χ0n) is 9.45. The fourth-order valence-corrected chi connectivity index (χ4v) is 2.35. The maximum Gasteiger partial charge on any atom is 0.314 e. The third-order valence-corrected chi connectivity index (χ3v) is 3.61. The number of rotatable bonds is 5. The predicted molar refractivity (Wildman–Crippen MR) is 60.7 cm³/mol. The average molecular weight is 309 g/mol. The number of thiazole rings is 1. The summed E-state index contributed by atoms with van der Waals surface area (Å²) in [7, 11) is 1.38. The van der Waals surface area contributed by atoms with Crippen LogP contribution in [0.1, 0.15) is 17.3 Å². The minimum atomic E-state index is -2.83. The van der Waals surface area contributed by atoms with Gasteiger partial charge in [0, 0.05) is 11.3 Å². The molecule has 2 heterocycles. The van der Waals surface area contributed by atoms with Crippen molar-refractivity contribution in [1.29, 1.82) is 0 Å². The smallest absolute Gasteiger partial charge is 0.314 e. The highest BCUT2D eigenvalue weighted by molar-refractivity contribution is 7.76. The molecule has 2 aromatic rings. The van der Waals surface area contributed by atoms with E-state index in [1.54, 1.807) is 0 Å². The molecule has 0 amide bonds. The van der Waals surface area contributed by atoms with Crippen LogP contribution >= 0.6 is 11.3 Å². The molecule has 2 rings (SSSR count). The molecule has 11 heteroatoms. The van der Waals surface area contributed by atoms with Crippen molar-refractivity contribution in [2.45, 2.75) is 13.0 Å². The predicted octanol–water partition coefficient (Wildman–Crippen LogP) is 1.36. The van der Waals surface area contributed by atoms with Crippen molar-refractivity contribution >= 4 is 22.6 Å². The Kier molecular flexibility index (Phi) is 4.29. The van der Waals surface area contributed by atoms with Gasteiger partial charge >= 0.3 is 6.43 Å². The van der Waals surface area contributed by atoms with Crippen LogP contribution in [-0.2, 0) is 17.8 Å². The molecule has 1 unspecified atom stereocenters. The SMILES string of the molecule is CN(Cc1ncc(-c2nnc(C(F)F)o2)s1)S(=O)[O-]. The van der Waals surface area contributed by atoms with Crippen LogP contribution in [0.15, 0.2) is 10.6 Å². The molecule has 0 fully saturated rings. The fraction of sp³-hybridized carbons (Fsp3) is 0.375. The summed E-state index contributed by atoms with van der Waals surface area (Å²) in [5.74, 6) is -0.826. The van der Waals surface area contributed by atoms with Gasteiger partial charge in [-0.2, -0.15) is 8.78 Å². The summed E-state index contributed by atoms with van der Waals surface area (Å²) in [5, 5.41) is 7.15. The van der Waals surface area contributed by atoms with Crippen molar-refractivity contribution in [2.75, 3.05) is 7.05 Å². The Balaban J connectivity index is 2.13. The number of hydrogen-bond acceptors (Lipinski definition) is 7. The molecular weight excluding hydrogens is 302 g/mol. The van der Waals surface area contributed by atoms with E-state index in [4.69, 9.17) is 4.42 Å². The largest absolute Gasteiger partial charge is 0.760 e. The number of aromatic nitrogens is 3. The molecule has 0 spiro atoms. The van der Waals surface area contributed by atoms with E-state index < -0.39 is 23.6 Å². The standard InChI is InChI=1S/C8H8F2N4O3S2/c1-14(19(15)16)3-5-11-2-4(18-5)7-12-13-8(17-7)6(9)10/h2,6H,3H2,1H3,(H,15,16)/p-1. The van der Waals surface area contributed by atoms with Crippen LogP contribution in [0.2, 0.25) is 0 Å². The third-order valence-electron chi connectivity index (χ3n) is 2.00. The van der Waals surface area contributed by atoms with Crippen molar-refractivity contribution in [2.24, 2.45) is 0 Å². The molecule has 0 saturated carbocycles. The average Bonchev–Trinajstić information content (AvgIpc) is 2.95. The molecule has 0 saturated heterocycles. The van der Waals surface area contributed by atoms with Crippen molar-refractivity contribution in [1.82, 2.24) is 19.5 Å². The second-order valence-corrected chi connectivity index (χ2v) is 5.54. The lowest BCUT2D eigenvalue weighted by atomic mass is 10.5. The first-order chi connectivity index (χ1) is 8.97. The number of nitrogens with zero attached hydrogens (tertiary/aromatic N) is 4. The Hall–Kier alpha value is -1.30. The first-order valence-corrected chi connectivity index (χ1v) is 6.69. The molecule has 0 aliphatic heterocycles. The summed E-state index contributed by atoms with van der Waals surface area (Å²) >= 11 is -1.26. The van der Waals surface area contributed by atoms with Gasteiger partial charge < -0.3 is 8.97 Å². The van der Waals surface area contributed by atoms with E-state index >= 15 is 0 Å². The highest BCUT2D eigenvalue weighted by Crippen LogP contribution is 2.27. The first kappa shape index (κ1) is 14.1. The molecule has 19 heavy (non-hydrogen) atoms. The van der Waals surface area contributed by atoms with Crippen LogP contribution in [0.4, 0.5) is 8.78 Å². The zero-order valence-corrected chi connectivity index (χ0v) is 11.1. The van der Waals surface area contributed by atoms with Crippen molar-refractivity contribution in [3.05, 3.63) is 17.1 Å². The van der Waals surface area contributed by atoms with E-state index in [-0.39, 0.29) is 12.4 Å². The maximum absolute atomic E-state index is 12.3. The third kappa shape index (κ3) is 3.37. The van der Waals surface area contributed by atoms with E-state index in [1.165, 1.54) is 13.2 Å². The van der Waals surface area contributed by atoms with E-state index in [1.807, 2.05) is 0 Å². The second-order valence-electron chi connectivity index (χ2n) is 3.37. The highest BCUT2D eigenvalue weighted by atomic mass is 32.2. The van der Waals surface area contributed by atoms with E-state index in [0.717, 1.165) is 15.6 Å². The van der Waals surface area contributed by atoms with Gasteiger partial charge in [-0.25, -0.2) is 9.29 Å². The topological polar surface area (TPSA) is 95.2 Å². The number of halogens is 2. The van der Waals surface area contributed by atoms with E-state index in [0.29, 0.717) is 9.88 Å². The van der Waals surface area contributed by atoms with Gasteiger partial charge in [-0.3, -0.25) is 4.21 Å². The molecule has 104 valence electrons. The first-order valence-electron chi connectivity index (χ1n) is 4.84. The van der Waals surface area contributed by atoms with Gasteiger partial charge in [-0.1, -0.05) is 0 Å². The lowest BCUT2D eigenvalue weighted by Gasteiger charge is -2.16. The molecule has 0 aliphatic rings. The Morgan fingerprint density at radius 3 is 2.89 bits per heavy atom. The second kappa shape index (κ2) is 5.77. The van der Waals surface area contributed by atoms with Gasteiger partial charge in [-0.05, 0) is 7.05 Å². The molecule has 1 atom stereocenters. The molecule has 0 aliphatic carbocycles. The lowest BCUT2D eigenvalue weighted by Crippen LogP contribution is -2.19. The zero-order chi connectivity index (χ0) is 14.0. The van der Waals surface area contributed by atoms with Gasteiger partial charge in [0.05, 0.1) is 12.7 Å². The van der Waals surface area contributed by atoms with Gasteiger partial charge in [0.1, 0.15) is 9.88 Å². The summed E-state index contributed by atoms with van der Waals surface area (Å²) in [4.78, 5) is 4.36. The van der Waals surface area contributed by atoms with Crippen LogP contribution in [0.25, 0.3) is 10.8 Å². The lowest BCUT2D eigenvalue weighted by molar-refractivity contribution is 0.116. The Bertz CT molecular complexity index is 588. The number of hydrogen-bond donors (Lipinski definition) is 0. The summed E-state index contributed by atoms with van der Waals surface area (Å²) in [6.45, 7) is 0.0800. The summed E-state index contributed by atoms with van der Waals surface area (Å²) in [6.07, 6.45) is -1.47. The number of alkyl halides is 2. The molecular formula is C8H7F2N4O3S2-. The van der Waals surface area contributed by atoms with E-state index in [2.05, 4.69) is 15.2 Å². The van der Waals surface area contributed by atoms with Crippen LogP contribution in [-0.4, -0.2) is 35.3 Å². The molecule has 0 N–H and O–H groups in total. The van der Waals surface area contributed by atoms with Gasteiger partial charge in [-0.15, -0.1) is 21.5 Å². The van der Waals surface area contributed by atoms with Crippen molar-refractivity contribution in [3.8, 4) is 10.8 Å². The van der Waals surface area contributed by atoms with E-state index in [9.17, 15) is 17.5 Å². The summed E-state index contributed by atoms with van der Waals surface area (Å²) < 4.78 is 51.6. The fourth-order valence-electron chi connectivity index (χ4n) is 1.15. The van der Waals surface area contributed by atoms with Gasteiger partial charge in [0.25, 0.3) is 11.8 Å². The Morgan fingerprint density at radius 1 is 1.58 bits per heavy atom.